The Bertz CT molecular complexity index is 1280. The summed E-state index contributed by atoms with van der Waals surface area (Å²) in [5.41, 5.74) is 5.00. The fraction of sp³-hybridized carbons (Fsp3) is 0.323. The smallest absolute Gasteiger partial charge is 0.423 e. The summed E-state index contributed by atoms with van der Waals surface area (Å²) in [6, 6.07) is 26.0. The monoisotopic (exact) mass is 534 g/mol. The zero-order valence-corrected chi connectivity index (χ0v) is 23.4. The second-order valence-corrected chi connectivity index (χ2v) is 12.1. The molecule has 0 aliphatic carbocycles. The predicted molar refractivity (Wildman–Crippen MR) is 152 cm³/mol. The first-order valence-electron chi connectivity index (χ1n) is 12.9. The molecule has 0 aliphatic heterocycles. The van der Waals surface area contributed by atoms with Crippen LogP contribution in [0.1, 0.15) is 50.3 Å². The number of benzene rings is 3. The topological polar surface area (TPSA) is 75.7 Å². The van der Waals surface area contributed by atoms with E-state index in [0.29, 0.717) is 12.8 Å². The van der Waals surface area contributed by atoms with Crippen LogP contribution in [-0.4, -0.2) is 30.6 Å². The van der Waals surface area contributed by atoms with Crippen LogP contribution in [0.15, 0.2) is 102 Å². The van der Waals surface area contributed by atoms with E-state index < -0.39 is 27.8 Å². The van der Waals surface area contributed by atoms with Crippen LogP contribution >= 0.6 is 0 Å². The minimum atomic E-state index is -4.09. The molecule has 3 aromatic carbocycles. The molecular weight excluding hydrogens is 496 g/mol. The summed E-state index contributed by atoms with van der Waals surface area (Å²) in [6.45, 7) is 7.11. The number of hydrogen-bond acceptors (Lipinski definition) is 4. The molecule has 0 radical (unpaired) electrons. The number of nitrogens with zero attached hydrogens (tertiary/aromatic N) is 1. The lowest BCUT2D eigenvalue weighted by Gasteiger charge is -2.30. The maximum absolute atomic E-state index is 13.9. The highest BCUT2D eigenvalue weighted by atomic mass is 32.2. The molecule has 0 aliphatic rings. The number of sulfonamides is 1. The van der Waals surface area contributed by atoms with Crippen LogP contribution in [-0.2, 0) is 27.6 Å². The third-order valence-corrected chi connectivity index (χ3v) is 7.60. The average molecular weight is 535 g/mol. The van der Waals surface area contributed by atoms with Gasteiger partial charge in [-0.05, 0) is 76.6 Å². The van der Waals surface area contributed by atoms with Crippen molar-refractivity contribution < 1.29 is 17.9 Å². The summed E-state index contributed by atoms with van der Waals surface area (Å²) in [5, 5.41) is 0. The molecule has 0 fully saturated rings. The summed E-state index contributed by atoms with van der Waals surface area (Å²) in [7, 11) is -4.09. The van der Waals surface area contributed by atoms with Gasteiger partial charge in [-0.2, -0.15) is 0 Å². The number of ether oxygens (including phenoxy) is 1. The van der Waals surface area contributed by atoms with Gasteiger partial charge in [0, 0.05) is 0 Å². The molecule has 0 bridgehead atoms. The van der Waals surface area contributed by atoms with Crippen LogP contribution in [0.25, 0.3) is 0 Å². The summed E-state index contributed by atoms with van der Waals surface area (Å²) >= 11 is 0. The summed E-state index contributed by atoms with van der Waals surface area (Å²) in [6.07, 6.45) is 5.68. The molecule has 3 rings (SSSR count). The first-order valence-corrected chi connectivity index (χ1v) is 14.3. The number of hydrogen-bond donors (Lipinski definition) is 1. The minimum absolute atomic E-state index is 0.0987. The molecule has 0 saturated carbocycles. The van der Waals surface area contributed by atoms with E-state index >= 15 is 0 Å². The van der Waals surface area contributed by atoms with E-state index in [-0.39, 0.29) is 4.90 Å². The van der Waals surface area contributed by atoms with Crippen molar-refractivity contribution in [2.24, 2.45) is 0 Å². The third-order valence-electron chi connectivity index (χ3n) is 5.85. The zero-order valence-electron chi connectivity index (χ0n) is 22.6. The molecule has 0 heterocycles. The van der Waals surface area contributed by atoms with E-state index in [4.69, 9.17) is 4.74 Å². The van der Waals surface area contributed by atoms with Gasteiger partial charge in [-0.1, -0.05) is 90.5 Å². The van der Waals surface area contributed by atoms with Gasteiger partial charge in [-0.15, -0.1) is 4.41 Å². The molecule has 0 spiro atoms. The van der Waals surface area contributed by atoms with Gasteiger partial charge in [0.15, 0.2) is 0 Å². The fourth-order valence-corrected chi connectivity index (χ4v) is 5.37. The standard InChI is InChI=1S/C31H38N2O4S/c1-25-19-23-29(24-20-25)38(35,36)33(32-30(34)37-31(2,3)4)28(22-21-27-15-9-6-10-16-27)18-12-11-17-26-13-7-5-8-14-26/h5-10,12-16,18-20,23-24,28H,11,17,21-22H2,1-4H3,(H,32,34)/b18-12+. The van der Waals surface area contributed by atoms with Crippen LogP contribution in [0.2, 0.25) is 0 Å². The lowest BCUT2D eigenvalue weighted by atomic mass is 10.0. The number of allylic oxidation sites excluding steroid dienone is 1. The molecule has 1 atom stereocenters. The number of nitrogens with one attached hydrogen (secondary N) is 1. The van der Waals surface area contributed by atoms with E-state index in [1.165, 1.54) is 5.56 Å². The van der Waals surface area contributed by atoms with Gasteiger partial charge in [0.25, 0.3) is 10.0 Å². The number of hydrazine groups is 1. The Balaban J connectivity index is 1.93. The van der Waals surface area contributed by atoms with E-state index in [0.717, 1.165) is 28.4 Å². The van der Waals surface area contributed by atoms with E-state index in [1.807, 2.05) is 67.6 Å². The Hall–Kier alpha value is -3.42. The van der Waals surface area contributed by atoms with E-state index in [9.17, 15) is 13.2 Å². The first kappa shape index (κ1) is 29.1. The highest BCUT2D eigenvalue weighted by Crippen LogP contribution is 2.22. The van der Waals surface area contributed by atoms with Gasteiger partial charge < -0.3 is 4.74 Å². The lowest BCUT2D eigenvalue weighted by molar-refractivity contribution is 0.0405. The molecule has 0 aromatic heterocycles. The summed E-state index contributed by atoms with van der Waals surface area (Å²) < 4.78 is 34.2. The molecule has 7 heteroatoms. The van der Waals surface area contributed by atoms with Gasteiger partial charge in [0.05, 0.1) is 10.9 Å². The first-order chi connectivity index (χ1) is 18.0. The Kier molecular flexibility index (Phi) is 10.3. The van der Waals surface area contributed by atoms with Gasteiger partial charge in [-0.3, -0.25) is 0 Å². The molecule has 3 aromatic rings. The number of carbonyl (C=O) groups excluding carboxylic acids is 1. The third kappa shape index (κ3) is 9.15. The number of amides is 1. The predicted octanol–water partition coefficient (Wildman–Crippen LogP) is 6.62. The fourth-order valence-electron chi connectivity index (χ4n) is 3.93. The molecular formula is C31H38N2O4S. The molecule has 1 unspecified atom stereocenters. The van der Waals surface area contributed by atoms with Gasteiger partial charge in [-0.25, -0.2) is 18.6 Å². The molecule has 38 heavy (non-hydrogen) atoms. The molecule has 0 saturated heterocycles. The molecule has 1 amide bonds. The van der Waals surface area contributed by atoms with Crippen molar-refractivity contribution in [3.8, 4) is 0 Å². The van der Waals surface area contributed by atoms with Crippen molar-refractivity contribution in [2.75, 3.05) is 0 Å². The van der Waals surface area contributed by atoms with Crippen molar-refractivity contribution in [1.82, 2.24) is 9.84 Å². The van der Waals surface area contributed by atoms with Crippen molar-refractivity contribution in [2.45, 2.75) is 69.9 Å². The zero-order chi connectivity index (χ0) is 27.6. The van der Waals surface area contributed by atoms with Crippen molar-refractivity contribution in [3.05, 3.63) is 114 Å². The van der Waals surface area contributed by atoms with E-state index in [1.54, 1.807) is 45.0 Å². The Labute approximate surface area is 227 Å². The van der Waals surface area contributed by atoms with Crippen LogP contribution in [0.4, 0.5) is 4.79 Å². The Morgan fingerprint density at radius 1 is 0.895 bits per heavy atom. The maximum Gasteiger partial charge on any atom is 0.423 e. The van der Waals surface area contributed by atoms with Crippen LogP contribution < -0.4 is 5.43 Å². The number of rotatable bonds is 11. The van der Waals surface area contributed by atoms with Gasteiger partial charge in [0.1, 0.15) is 5.60 Å². The van der Waals surface area contributed by atoms with E-state index in [2.05, 4.69) is 17.6 Å². The van der Waals surface area contributed by atoms with Crippen LogP contribution in [0.3, 0.4) is 0 Å². The van der Waals surface area contributed by atoms with Gasteiger partial charge >= 0.3 is 6.09 Å². The SMILES string of the molecule is Cc1ccc(S(=O)(=O)N(NC(=O)OC(C)(C)C)C(/C=C/CCc2ccccc2)CCc2ccccc2)cc1. The Morgan fingerprint density at radius 3 is 2.00 bits per heavy atom. The number of aryl methyl sites for hydroxylation is 3. The average Bonchev–Trinajstić information content (AvgIpc) is 2.87. The second-order valence-electron chi connectivity index (χ2n) is 10.3. The van der Waals surface area contributed by atoms with Crippen LogP contribution in [0, 0.1) is 6.92 Å². The quantitative estimate of drug-likeness (QED) is 0.222. The van der Waals surface area contributed by atoms with Crippen molar-refractivity contribution >= 4 is 16.1 Å². The van der Waals surface area contributed by atoms with Crippen LogP contribution in [0.5, 0.6) is 0 Å². The Morgan fingerprint density at radius 2 is 1.45 bits per heavy atom. The van der Waals surface area contributed by atoms with Gasteiger partial charge in [0.2, 0.25) is 0 Å². The lowest BCUT2D eigenvalue weighted by Crippen LogP contribution is -2.52. The number of carbonyl (C=O) groups is 1. The van der Waals surface area contributed by atoms with Crippen molar-refractivity contribution in [3.63, 3.8) is 0 Å². The highest BCUT2D eigenvalue weighted by Gasteiger charge is 2.33. The normalized spacial score (nSPS) is 13.0. The summed E-state index contributed by atoms with van der Waals surface area (Å²) in [5.74, 6) is 0. The maximum atomic E-state index is 13.9. The van der Waals surface area contributed by atoms with Crippen molar-refractivity contribution in [1.29, 1.82) is 0 Å². The highest BCUT2D eigenvalue weighted by molar-refractivity contribution is 7.89. The largest absolute Gasteiger partial charge is 0.443 e. The summed E-state index contributed by atoms with van der Waals surface area (Å²) in [4.78, 5) is 12.9. The second kappa shape index (κ2) is 13.4. The molecule has 1 N–H and O–H groups in total. The minimum Gasteiger partial charge on any atom is -0.443 e. The molecule has 6 nitrogen and oxygen atoms in total. The molecule has 202 valence electrons.